The number of likely N-dealkylation sites (tertiary alicyclic amines) is 1. The fraction of sp³-hybridized carbons (Fsp3) is 1.00. The molecule has 0 N–H and O–H groups in total. The van der Waals surface area contributed by atoms with Crippen molar-refractivity contribution in [3.8, 4) is 0 Å². The smallest absolute Gasteiger partial charge is 0.0673 e. The molecule has 0 aromatic carbocycles. The SMILES string of the molecule is CN([C@@H]1CCN(C(C)(C)I)C1)C(C)(C)C. The second kappa shape index (κ2) is 4.49. The van der Waals surface area contributed by atoms with Crippen LogP contribution in [0.4, 0.5) is 0 Å². The third kappa shape index (κ3) is 3.56. The quantitative estimate of drug-likeness (QED) is 0.438. The minimum atomic E-state index is 0.288. The van der Waals surface area contributed by atoms with Crippen LogP contribution in [0.2, 0.25) is 0 Å². The highest BCUT2D eigenvalue weighted by Gasteiger charge is 2.35. The van der Waals surface area contributed by atoms with E-state index in [0.29, 0.717) is 3.55 Å². The first-order chi connectivity index (χ1) is 6.62. The maximum Gasteiger partial charge on any atom is 0.0673 e. The average molecular weight is 324 g/mol. The van der Waals surface area contributed by atoms with Gasteiger partial charge in [0.15, 0.2) is 0 Å². The number of alkyl halides is 1. The minimum Gasteiger partial charge on any atom is -0.297 e. The van der Waals surface area contributed by atoms with Gasteiger partial charge in [-0.15, -0.1) is 0 Å². The van der Waals surface area contributed by atoms with Crippen LogP contribution in [0.25, 0.3) is 0 Å². The van der Waals surface area contributed by atoms with Gasteiger partial charge in [-0.25, -0.2) is 0 Å². The first-order valence-corrected chi connectivity index (χ1v) is 6.87. The predicted octanol–water partition coefficient (Wildman–Crippen LogP) is 2.96. The standard InChI is InChI=1S/C12H25IN2/c1-11(2,3)14(6)10-7-8-15(9-10)12(4,5)13/h10H,7-9H2,1-6H3/t10-/m1/s1. The van der Waals surface area contributed by atoms with E-state index in [0.717, 1.165) is 6.04 Å². The topological polar surface area (TPSA) is 6.48 Å². The molecule has 0 unspecified atom stereocenters. The highest BCUT2D eigenvalue weighted by atomic mass is 127. The van der Waals surface area contributed by atoms with Crippen molar-refractivity contribution in [1.29, 1.82) is 0 Å². The summed E-state index contributed by atoms with van der Waals surface area (Å²) < 4.78 is 0.297. The molecule has 1 rings (SSSR count). The Morgan fingerprint density at radius 3 is 2.07 bits per heavy atom. The molecule has 1 atom stereocenters. The summed E-state index contributed by atoms with van der Waals surface area (Å²) in [5.74, 6) is 0. The third-order valence-corrected chi connectivity index (χ3v) is 4.20. The van der Waals surface area contributed by atoms with E-state index in [4.69, 9.17) is 0 Å². The predicted molar refractivity (Wildman–Crippen MR) is 75.6 cm³/mol. The normalized spacial score (nSPS) is 25.2. The molecule has 90 valence electrons. The fourth-order valence-electron chi connectivity index (χ4n) is 2.09. The lowest BCUT2D eigenvalue weighted by Crippen LogP contribution is -2.47. The van der Waals surface area contributed by atoms with Gasteiger partial charge in [0.05, 0.1) is 3.55 Å². The molecule has 1 fully saturated rings. The zero-order chi connectivity index (χ0) is 11.9. The number of likely N-dealkylation sites (N-methyl/N-ethyl adjacent to an activating group) is 1. The summed E-state index contributed by atoms with van der Waals surface area (Å²) in [5.41, 5.74) is 0.288. The summed E-state index contributed by atoms with van der Waals surface area (Å²) in [6.45, 7) is 13.9. The Labute approximate surface area is 109 Å². The molecule has 1 heterocycles. The second-order valence-electron chi connectivity index (χ2n) is 6.08. The van der Waals surface area contributed by atoms with Gasteiger partial charge >= 0.3 is 0 Å². The summed E-state index contributed by atoms with van der Waals surface area (Å²) in [4.78, 5) is 5.11. The van der Waals surface area contributed by atoms with E-state index < -0.39 is 0 Å². The van der Waals surface area contributed by atoms with Gasteiger partial charge in [-0.3, -0.25) is 9.80 Å². The van der Waals surface area contributed by atoms with Crippen LogP contribution in [0.3, 0.4) is 0 Å². The van der Waals surface area contributed by atoms with Crippen molar-refractivity contribution in [1.82, 2.24) is 9.80 Å². The van der Waals surface area contributed by atoms with E-state index in [-0.39, 0.29) is 5.54 Å². The van der Waals surface area contributed by atoms with Gasteiger partial charge in [0.2, 0.25) is 0 Å². The van der Waals surface area contributed by atoms with E-state index in [9.17, 15) is 0 Å². The molecule has 0 bridgehead atoms. The Morgan fingerprint density at radius 1 is 1.20 bits per heavy atom. The Bertz CT molecular complexity index is 215. The first-order valence-electron chi connectivity index (χ1n) is 5.79. The molecular weight excluding hydrogens is 299 g/mol. The molecule has 0 radical (unpaired) electrons. The molecule has 2 nitrogen and oxygen atoms in total. The fourth-order valence-corrected chi connectivity index (χ4v) is 2.53. The Hall–Kier alpha value is 0.650. The van der Waals surface area contributed by atoms with Gasteiger partial charge in [-0.2, -0.15) is 0 Å². The second-order valence-corrected chi connectivity index (χ2v) is 8.72. The number of hydrogen-bond donors (Lipinski definition) is 0. The number of hydrogen-bond acceptors (Lipinski definition) is 2. The maximum absolute atomic E-state index is 2.58. The summed E-state index contributed by atoms with van der Waals surface area (Å²) in [5, 5.41) is 0. The van der Waals surface area contributed by atoms with Crippen molar-refractivity contribution in [2.75, 3.05) is 20.1 Å². The lowest BCUT2D eigenvalue weighted by molar-refractivity contribution is 0.114. The summed E-state index contributed by atoms with van der Waals surface area (Å²) in [6, 6.07) is 0.721. The molecule has 1 aliphatic rings. The Kier molecular flexibility index (Phi) is 4.11. The van der Waals surface area contributed by atoms with E-state index in [2.05, 4.69) is 74.1 Å². The van der Waals surface area contributed by atoms with Crippen molar-refractivity contribution in [2.24, 2.45) is 0 Å². The van der Waals surface area contributed by atoms with Gasteiger partial charge in [-0.1, -0.05) is 22.6 Å². The van der Waals surface area contributed by atoms with Crippen LogP contribution < -0.4 is 0 Å². The molecule has 3 heteroatoms. The highest BCUT2D eigenvalue weighted by Crippen LogP contribution is 2.30. The van der Waals surface area contributed by atoms with Crippen LogP contribution in [-0.2, 0) is 0 Å². The van der Waals surface area contributed by atoms with Crippen LogP contribution >= 0.6 is 22.6 Å². The van der Waals surface area contributed by atoms with Gasteiger partial charge in [0.1, 0.15) is 0 Å². The van der Waals surface area contributed by atoms with Crippen molar-refractivity contribution in [3.63, 3.8) is 0 Å². The van der Waals surface area contributed by atoms with Crippen LogP contribution in [0.15, 0.2) is 0 Å². The van der Waals surface area contributed by atoms with Crippen molar-refractivity contribution < 1.29 is 0 Å². The van der Waals surface area contributed by atoms with E-state index >= 15 is 0 Å². The van der Waals surface area contributed by atoms with Gasteiger partial charge < -0.3 is 0 Å². The summed E-state index contributed by atoms with van der Waals surface area (Å²) in [7, 11) is 2.26. The zero-order valence-electron chi connectivity index (χ0n) is 11.0. The molecule has 0 aliphatic carbocycles. The Morgan fingerprint density at radius 2 is 1.73 bits per heavy atom. The van der Waals surface area contributed by atoms with Crippen LogP contribution in [0.1, 0.15) is 41.0 Å². The molecule has 0 amide bonds. The molecular formula is C12H25IN2. The first kappa shape index (κ1) is 13.7. The van der Waals surface area contributed by atoms with Crippen molar-refractivity contribution in [3.05, 3.63) is 0 Å². The van der Waals surface area contributed by atoms with E-state index in [1.165, 1.54) is 19.5 Å². The molecule has 0 saturated carbocycles. The van der Waals surface area contributed by atoms with Crippen LogP contribution in [-0.4, -0.2) is 45.1 Å². The summed E-state index contributed by atoms with van der Waals surface area (Å²) in [6.07, 6.45) is 1.31. The lowest BCUT2D eigenvalue weighted by atomic mass is 10.0. The molecule has 15 heavy (non-hydrogen) atoms. The van der Waals surface area contributed by atoms with E-state index in [1.807, 2.05) is 0 Å². The van der Waals surface area contributed by atoms with Gasteiger partial charge in [0, 0.05) is 24.7 Å². The minimum absolute atomic E-state index is 0.288. The van der Waals surface area contributed by atoms with Crippen LogP contribution in [0.5, 0.6) is 0 Å². The van der Waals surface area contributed by atoms with Crippen molar-refractivity contribution >= 4 is 22.6 Å². The molecule has 1 saturated heterocycles. The van der Waals surface area contributed by atoms with Gasteiger partial charge in [0.25, 0.3) is 0 Å². The number of rotatable bonds is 2. The average Bonchev–Trinajstić information content (AvgIpc) is 2.47. The highest BCUT2D eigenvalue weighted by molar-refractivity contribution is 14.1. The third-order valence-electron chi connectivity index (χ3n) is 3.52. The lowest BCUT2D eigenvalue weighted by Gasteiger charge is -2.38. The summed E-state index contributed by atoms with van der Waals surface area (Å²) >= 11 is 2.54. The van der Waals surface area contributed by atoms with Gasteiger partial charge in [-0.05, 0) is 48.1 Å². The van der Waals surface area contributed by atoms with Crippen LogP contribution in [0, 0.1) is 0 Å². The Balaban J connectivity index is 2.57. The van der Waals surface area contributed by atoms with E-state index in [1.54, 1.807) is 0 Å². The largest absolute Gasteiger partial charge is 0.297 e. The maximum atomic E-state index is 2.58. The molecule has 0 aromatic heterocycles. The zero-order valence-corrected chi connectivity index (χ0v) is 13.1. The molecule has 0 spiro atoms. The van der Waals surface area contributed by atoms with Crippen molar-refractivity contribution in [2.45, 2.75) is 56.2 Å². The number of halogens is 1. The monoisotopic (exact) mass is 324 g/mol. The molecule has 1 aliphatic heterocycles. The number of nitrogens with zero attached hydrogens (tertiary/aromatic N) is 2. The molecule has 0 aromatic rings.